The minimum absolute atomic E-state index is 0.133. The van der Waals surface area contributed by atoms with Gasteiger partial charge in [0.25, 0.3) is 0 Å². The first-order chi connectivity index (χ1) is 9.36. The summed E-state index contributed by atoms with van der Waals surface area (Å²) in [6.45, 7) is 18.6. The summed E-state index contributed by atoms with van der Waals surface area (Å²) in [6, 6.07) is 10.7. The second kappa shape index (κ2) is 6.71. The SMILES string of the molecule is CC(C)(C)O[C@H](c1ccccc1)[C@H](I)[Si](C)(C)C(C)(C)C. The molecule has 0 amide bonds. The number of halogens is 1. The third kappa shape index (κ3) is 5.07. The molecule has 0 aliphatic rings. The molecule has 0 aliphatic carbocycles. The van der Waals surface area contributed by atoms with Gasteiger partial charge in [0.2, 0.25) is 0 Å². The third-order valence-electron chi connectivity index (χ3n) is 4.50. The average molecular weight is 418 g/mol. The molecule has 0 saturated carbocycles. The summed E-state index contributed by atoms with van der Waals surface area (Å²) < 4.78 is 7.02. The van der Waals surface area contributed by atoms with Gasteiger partial charge in [-0.3, -0.25) is 0 Å². The lowest BCUT2D eigenvalue weighted by Gasteiger charge is -2.45. The highest BCUT2D eigenvalue weighted by molar-refractivity contribution is 14.1. The van der Waals surface area contributed by atoms with Gasteiger partial charge < -0.3 is 4.74 Å². The van der Waals surface area contributed by atoms with Gasteiger partial charge >= 0.3 is 0 Å². The lowest BCUT2D eigenvalue weighted by Crippen LogP contribution is -2.50. The molecule has 21 heavy (non-hydrogen) atoms. The molecular formula is C18H31IOSi. The summed E-state index contributed by atoms with van der Waals surface area (Å²) >= 11 is 2.65. The van der Waals surface area contributed by atoms with Gasteiger partial charge in [0.05, 0.1) is 19.8 Å². The number of benzene rings is 1. The zero-order valence-corrected chi connectivity index (χ0v) is 18.0. The molecule has 0 bridgehead atoms. The Hall–Kier alpha value is 0.127. The van der Waals surface area contributed by atoms with E-state index in [0.717, 1.165) is 0 Å². The Kier molecular flexibility index (Phi) is 6.13. The van der Waals surface area contributed by atoms with E-state index in [-0.39, 0.29) is 11.7 Å². The molecule has 0 saturated heterocycles. The molecule has 0 aliphatic heterocycles. The molecule has 0 unspecified atom stereocenters. The Morgan fingerprint density at radius 2 is 1.43 bits per heavy atom. The van der Waals surface area contributed by atoms with Gasteiger partial charge in [-0.05, 0) is 31.4 Å². The van der Waals surface area contributed by atoms with Gasteiger partial charge in [-0.2, -0.15) is 0 Å². The van der Waals surface area contributed by atoms with Crippen molar-refractivity contribution in [3.63, 3.8) is 0 Å². The largest absolute Gasteiger partial charge is 0.367 e. The predicted molar refractivity (Wildman–Crippen MR) is 105 cm³/mol. The maximum absolute atomic E-state index is 6.49. The van der Waals surface area contributed by atoms with E-state index in [0.29, 0.717) is 8.59 Å². The van der Waals surface area contributed by atoms with Crippen LogP contribution in [-0.2, 0) is 4.74 Å². The zero-order chi connectivity index (χ0) is 16.5. The zero-order valence-electron chi connectivity index (χ0n) is 14.8. The highest BCUT2D eigenvalue weighted by Gasteiger charge is 2.45. The van der Waals surface area contributed by atoms with Gasteiger partial charge in [0.15, 0.2) is 0 Å². The standard InChI is InChI=1S/C18H31IOSi/c1-17(2,3)20-15(14-12-10-9-11-13-14)16(19)21(7,8)18(4,5)6/h9-13,15-16H,1-8H3/t15-,16-/m1/s1. The van der Waals surface area contributed by atoms with E-state index in [9.17, 15) is 0 Å². The summed E-state index contributed by atoms with van der Waals surface area (Å²) in [7, 11) is -1.49. The first-order valence-corrected chi connectivity index (χ1v) is 12.1. The Balaban J connectivity index is 3.19. The summed E-state index contributed by atoms with van der Waals surface area (Å²) in [4.78, 5) is 0. The van der Waals surface area contributed by atoms with Crippen LogP contribution in [0.5, 0.6) is 0 Å². The second-order valence-electron chi connectivity index (χ2n) is 8.43. The molecule has 1 aromatic rings. The van der Waals surface area contributed by atoms with Gasteiger partial charge in [-0.15, -0.1) is 0 Å². The average Bonchev–Trinajstić information content (AvgIpc) is 2.33. The van der Waals surface area contributed by atoms with Crippen molar-refractivity contribution in [2.45, 2.75) is 74.9 Å². The first-order valence-electron chi connectivity index (χ1n) is 7.73. The smallest absolute Gasteiger partial charge is 0.0924 e. The monoisotopic (exact) mass is 418 g/mol. The lowest BCUT2D eigenvalue weighted by molar-refractivity contribution is -0.0544. The number of ether oxygens (including phenoxy) is 1. The van der Waals surface area contributed by atoms with E-state index < -0.39 is 8.07 Å². The molecule has 0 N–H and O–H groups in total. The fourth-order valence-corrected chi connectivity index (χ4v) is 7.32. The minimum Gasteiger partial charge on any atom is -0.367 e. The lowest BCUT2D eigenvalue weighted by atomic mass is 10.1. The molecule has 0 spiro atoms. The Morgan fingerprint density at radius 3 is 1.81 bits per heavy atom. The van der Waals surface area contributed by atoms with Crippen molar-refractivity contribution >= 4 is 30.7 Å². The van der Waals surface area contributed by atoms with E-state index in [1.54, 1.807) is 0 Å². The van der Waals surface area contributed by atoms with Crippen LogP contribution in [0.2, 0.25) is 18.1 Å². The molecule has 0 aromatic heterocycles. The van der Waals surface area contributed by atoms with Crippen LogP contribution in [0.15, 0.2) is 30.3 Å². The quantitative estimate of drug-likeness (QED) is 0.313. The van der Waals surface area contributed by atoms with Gasteiger partial charge in [0.1, 0.15) is 0 Å². The number of rotatable bonds is 4. The van der Waals surface area contributed by atoms with Crippen LogP contribution < -0.4 is 0 Å². The van der Waals surface area contributed by atoms with Crippen molar-refractivity contribution in [1.82, 2.24) is 0 Å². The van der Waals surface area contributed by atoms with Crippen molar-refractivity contribution in [3.05, 3.63) is 35.9 Å². The Bertz CT molecular complexity index is 443. The minimum atomic E-state index is -1.49. The van der Waals surface area contributed by atoms with Crippen LogP contribution in [0.1, 0.15) is 53.2 Å². The number of hydrogen-bond donors (Lipinski definition) is 0. The molecule has 0 radical (unpaired) electrons. The second-order valence-corrected chi connectivity index (χ2v) is 16.5. The number of alkyl halides is 1. The van der Waals surface area contributed by atoms with Gasteiger partial charge in [-0.1, -0.05) is 86.8 Å². The highest BCUT2D eigenvalue weighted by atomic mass is 127. The van der Waals surface area contributed by atoms with Crippen LogP contribution in [0.4, 0.5) is 0 Å². The van der Waals surface area contributed by atoms with Crippen LogP contribution in [0.25, 0.3) is 0 Å². The van der Waals surface area contributed by atoms with Crippen molar-refractivity contribution in [1.29, 1.82) is 0 Å². The fourth-order valence-electron chi connectivity index (χ4n) is 2.11. The summed E-state index contributed by atoms with van der Waals surface area (Å²) in [5.74, 6) is 0. The Labute approximate surface area is 146 Å². The van der Waals surface area contributed by atoms with Crippen molar-refractivity contribution in [2.75, 3.05) is 0 Å². The third-order valence-corrected chi connectivity index (χ3v) is 15.4. The molecule has 3 heteroatoms. The van der Waals surface area contributed by atoms with Crippen LogP contribution >= 0.6 is 22.6 Å². The van der Waals surface area contributed by atoms with E-state index in [4.69, 9.17) is 4.74 Å². The van der Waals surface area contributed by atoms with Gasteiger partial charge in [-0.25, -0.2) is 0 Å². The molecule has 2 atom stereocenters. The van der Waals surface area contributed by atoms with Gasteiger partial charge in [0, 0.05) is 3.55 Å². The van der Waals surface area contributed by atoms with Crippen molar-refractivity contribution in [3.8, 4) is 0 Å². The van der Waals surface area contributed by atoms with Crippen LogP contribution in [-0.4, -0.2) is 17.2 Å². The van der Waals surface area contributed by atoms with Crippen LogP contribution in [0, 0.1) is 0 Å². The van der Waals surface area contributed by atoms with Crippen LogP contribution in [0.3, 0.4) is 0 Å². The molecular weight excluding hydrogens is 387 g/mol. The predicted octanol–water partition coefficient (Wildman–Crippen LogP) is 6.39. The van der Waals surface area contributed by atoms with Crippen molar-refractivity contribution < 1.29 is 4.74 Å². The van der Waals surface area contributed by atoms with E-state index in [1.807, 2.05) is 0 Å². The number of hydrogen-bond acceptors (Lipinski definition) is 1. The highest BCUT2D eigenvalue weighted by Crippen LogP contribution is 2.46. The maximum atomic E-state index is 6.49. The molecule has 1 aromatic carbocycles. The van der Waals surface area contributed by atoms with E-state index in [2.05, 4.69) is 108 Å². The molecule has 1 rings (SSSR count). The molecule has 0 fully saturated rings. The Morgan fingerprint density at radius 1 is 0.952 bits per heavy atom. The fraction of sp³-hybridized carbons (Fsp3) is 0.667. The first kappa shape index (κ1) is 19.2. The van der Waals surface area contributed by atoms with E-state index in [1.165, 1.54) is 5.56 Å². The molecule has 120 valence electrons. The van der Waals surface area contributed by atoms with Crippen molar-refractivity contribution in [2.24, 2.45) is 0 Å². The normalized spacial score (nSPS) is 16.6. The summed E-state index contributed by atoms with van der Waals surface area (Å²) in [6.07, 6.45) is 0.160. The molecule has 0 heterocycles. The van der Waals surface area contributed by atoms with E-state index >= 15 is 0 Å². The summed E-state index contributed by atoms with van der Waals surface area (Å²) in [5, 5.41) is 0.354. The maximum Gasteiger partial charge on any atom is 0.0924 e. The topological polar surface area (TPSA) is 9.23 Å². The summed E-state index contributed by atoms with van der Waals surface area (Å²) in [5.41, 5.74) is 1.17. The molecule has 1 nitrogen and oxygen atoms in total.